The molecule has 0 amide bonds. The van der Waals surface area contributed by atoms with E-state index in [4.69, 9.17) is 15.6 Å². The fourth-order valence-corrected chi connectivity index (χ4v) is 3.99. The average Bonchev–Trinajstić information content (AvgIpc) is 3.21. The van der Waals surface area contributed by atoms with Gasteiger partial charge in [0.1, 0.15) is 5.75 Å². The second-order valence-electron chi connectivity index (χ2n) is 7.54. The first-order valence-electron chi connectivity index (χ1n) is 10.1. The van der Waals surface area contributed by atoms with Crippen molar-refractivity contribution >= 4 is 0 Å². The second-order valence-corrected chi connectivity index (χ2v) is 7.54. The first kappa shape index (κ1) is 19.9. The Morgan fingerprint density at radius 2 is 1.93 bits per heavy atom. The lowest BCUT2D eigenvalue weighted by Gasteiger charge is -2.19. The molecule has 0 radical (unpaired) electrons. The number of hydrogen-bond acceptors (Lipinski definition) is 4. The van der Waals surface area contributed by atoms with E-state index < -0.39 is 0 Å². The Labute approximate surface area is 162 Å². The van der Waals surface area contributed by atoms with Gasteiger partial charge in [0, 0.05) is 6.04 Å². The maximum Gasteiger partial charge on any atom is 0.186 e. The van der Waals surface area contributed by atoms with Crippen LogP contribution < -0.4 is 15.8 Å². The van der Waals surface area contributed by atoms with Crippen LogP contribution in [0.3, 0.4) is 0 Å². The van der Waals surface area contributed by atoms with Gasteiger partial charge in [0.05, 0.1) is 0 Å². The summed E-state index contributed by atoms with van der Waals surface area (Å²) in [4.78, 5) is 0. The molecule has 4 heteroatoms. The summed E-state index contributed by atoms with van der Waals surface area (Å²) >= 11 is 0. The molecule has 3 rings (SSSR count). The van der Waals surface area contributed by atoms with Crippen LogP contribution in [0.5, 0.6) is 5.75 Å². The summed E-state index contributed by atoms with van der Waals surface area (Å²) in [5, 5.41) is 12.8. The van der Waals surface area contributed by atoms with Crippen molar-refractivity contribution in [2.45, 2.75) is 51.0 Å². The zero-order chi connectivity index (χ0) is 19.1. The number of nitrogens with two attached hydrogens (primary N) is 1. The van der Waals surface area contributed by atoms with E-state index in [0.717, 1.165) is 35.4 Å². The Bertz CT molecular complexity index is 726. The highest BCUT2D eigenvalue weighted by molar-refractivity contribution is 5.67. The molecule has 0 saturated heterocycles. The molecule has 4 N–H and O–H groups in total. The second kappa shape index (κ2) is 9.88. The van der Waals surface area contributed by atoms with Gasteiger partial charge in [0.15, 0.2) is 6.79 Å². The van der Waals surface area contributed by atoms with Crippen molar-refractivity contribution in [1.29, 1.82) is 0 Å². The Balaban J connectivity index is 1.70. The van der Waals surface area contributed by atoms with Gasteiger partial charge in [-0.2, -0.15) is 0 Å². The van der Waals surface area contributed by atoms with E-state index in [1.54, 1.807) is 0 Å². The smallest absolute Gasteiger partial charge is 0.186 e. The summed E-state index contributed by atoms with van der Waals surface area (Å²) < 4.78 is 5.33. The molecule has 1 saturated carbocycles. The molecular formula is C23H32N2O2. The third-order valence-corrected chi connectivity index (χ3v) is 5.67. The molecular weight excluding hydrogens is 336 g/mol. The lowest BCUT2D eigenvalue weighted by Crippen LogP contribution is -2.29. The molecule has 4 nitrogen and oxygen atoms in total. The van der Waals surface area contributed by atoms with E-state index in [1.165, 1.54) is 31.2 Å². The van der Waals surface area contributed by atoms with Crippen LogP contribution in [0.25, 0.3) is 11.1 Å². The molecule has 0 spiro atoms. The zero-order valence-corrected chi connectivity index (χ0v) is 16.3. The molecule has 1 aliphatic carbocycles. The van der Waals surface area contributed by atoms with Crippen LogP contribution in [0.15, 0.2) is 42.5 Å². The van der Waals surface area contributed by atoms with Gasteiger partial charge in [0.2, 0.25) is 0 Å². The van der Waals surface area contributed by atoms with Crippen LogP contribution in [0.4, 0.5) is 0 Å². The number of rotatable bonds is 9. The first-order chi connectivity index (χ1) is 13.2. The Morgan fingerprint density at radius 3 is 2.67 bits per heavy atom. The lowest BCUT2D eigenvalue weighted by molar-refractivity contribution is 0.0979. The number of aliphatic hydroxyl groups excluding tert-OH is 1. The lowest BCUT2D eigenvalue weighted by atomic mass is 9.92. The highest BCUT2D eigenvalue weighted by atomic mass is 16.6. The van der Waals surface area contributed by atoms with Crippen molar-refractivity contribution in [1.82, 2.24) is 5.32 Å². The van der Waals surface area contributed by atoms with E-state index in [9.17, 15) is 0 Å². The first-order valence-corrected chi connectivity index (χ1v) is 10.1. The standard InChI is InChI=1S/C23H32N2O2/c1-17-9-10-20(14-23(17)27-16-26)18-5-4-6-19(13-18)21(15-24)11-12-25-22-7-2-3-8-22/h4-6,9-10,13-14,21-22,25-26H,2-3,7-8,11-12,15-16,24H2,1H3. The molecule has 2 aromatic rings. The van der Waals surface area contributed by atoms with E-state index in [1.807, 2.05) is 19.1 Å². The normalized spacial score (nSPS) is 15.8. The zero-order valence-electron chi connectivity index (χ0n) is 16.3. The molecule has 1 fully saturated rings. The third kappa shape index (κ3) is 5.32. The monoisotopic (exact) mass is 368 g/mol. The van der Waals surface area contributed by atoms with Crippen LogP contribution in [0, 0.1) is 6.92 Å². The van der Waals surface area contributed by atoms with E-state index >= 15 is 0 Å². The van der Waals surface area contributed by atoms with Crippen molar-refractivity contribution < 1.29 is 9.84 Å². The highest BCUT2D eigenvalue weighted by Crippen LogP contribution is 2.30. The minimum atomic E-state index is -0.312. The number of hydrogen-bond donors (Lipinski definition) is 3. The third-order valence-electron chi connectivity index (χ3n) is 5.67. The van der Waals surface area contributed by atoms with Crippen molar-refractivity contribution in [2.24, 2.45) is 5.73 Å². The van der Waals surface area contributed by atoms with Crippen molar-refractivity contribution in [3.8, 4) is 16.9 Å². The van der Waals surface area contributed by atoms with Gasteiger partial charge in [-0.1, -0.05) is 49.2 Å². The number of ether oxygens (including phenoxy) is 1. The number of aliphatic hydroxyl groups is 1. The van der Waals surface area contributed by atoms with Gasteiger partial charge in [-0.15, -0.1) is 0 Å². The van der Waals surface area contributed by atoms with Crippen LogP contribution >= 0.6 is 0 Å². The molecule has 27 heavy (non-hydrogen) atoms. The summed E-state index contributed by atoms with van der Waals surface area (Å²) in [6, 6.07) is 15.4. The minimum absolute atomic E-state index is 0.312. The predicted molar refractivity (Wildman–Crippen MR) is 111 cm³/mol. The fraction of sp³-hybridized carbons (Fsp3) is 0.478. The van der Waals surface area contributed by atoms with Gasteiger partial charge < -0.3 is 20.9 Å². The predicted octanol–water partition coefficient (Wildman–Crippen LogP) is 3.96. The minimum Gasteiger partial charge on any atom is -0.467 e. The molecule has 1 atom stereocenters. The SMILES string of the molecule is Cc1ccc(-c2cccc(C(CN)CCNC3CCCC3)c2)cc1OCO. The van der Waals surface area contributed by atoms with Crippen molar-refractivity contribution in [3.63, 3.8) is 0 Å². The van der Waals surface area contributed by atoms with Gasteiger partial charge in [-0.25, -0.2) is 0 Å². The molecule has 0 heterocycles. The van der Waals surface area contributed by atoms with Crippen LogP contribution in [0.2, 0.25) is 0 Å². The maximum atomic E-state index is 9.07. The number of aryl methyl sites for hydroxylation is 1. The topological polar surface area (TPSA) is 67.5 Å². The van der Waals surface area contributed by atoms with Gasteiger partial charge >= 0.3 is 0 Å². The number of benzene rings is 2. The van der Waals surface area contributed by atoms with Gasteiger partial charge in [-0.3, -0.25) is 0 Å². The molecule has 1 unspecified atom stereocenters. The molecule has 2 aromatic carbocycles. The number of nitrogens with one attached hydrogen (secondary N) is 1. The summed E-state index contributed by atoms with van der Waals surface area (Å²) in [5.74, 6) is 1.08. The maximum absolute atomic E-state index is 9.07. The molecule has 1 aliphatic rings. The average molecular weight is 369 g/mol. The van der Waals surface area contributed by atoms with E-state index in [0.29, 0.717) is 18.5 Å². The fourth-order valence-electron chi connectivity index (χ4n) is 3.99. The Kier molecular flexibility index (Phi) is 7.27. The Hall–Kier alpha value is -1.88. The van der Waals surface area contributed by atoms with Gasteiger partial charge in [-0.05, 0) is 73.5 Å². The summed E-state index contributed by atoms with van der Waals surface area (Å²) in [5.41, 5.74) is 10.6. The quantitative estimate of drug-likeness (QED) is 0.586. The molecule has 146 valence electrons. The highest BCUT2D eigenvalue weighted by Gasteiger charge is 2.16. The largest absolute Gasteiger partial charge is 0.467 e. The van der Waals surface area contributed by atoms with Gasteiger partial charge in [0.25, 0.3) is 0 Å². The van der Waals surface area contributed by atoms with E-state index in [2.05, 4.69) is 35.6 Å². The summed E-state index contributed by atoms with van der Waals surface area (Å²) in [7, 11) is 0. The van der Waals surface area contributed by atoms with Crippen LogP contribution in [-0.4, -0.2) is 31.0 Å². The van der Waals surface area contributed by atoms with Crippen molar-refractivity contribution in [3.05, 3.63) is 53.6 Å². The Morgan fingerprint density at radius 1 is 1.15 bits per heavy atom. The molecule has 0 aliphatic heterocycles. The van der Waals surface area contributed by atoms with E-state index in [-0.39, 0.29) is 6.79 Å². The van der Waals surface area contributed by atoms with Crippen molar-refractivity contribution in [2.75, 3.05) is 19.9 Å². The van der Waals surface area contributed by atoms with Crippen LogP contribution in [0.1, 0.15) is 49.1 Å². The summed E-state index contributed by atoms with van der Waals surface area (Å²) in [6.45, 7) is 3.35. The van der Waals surface area contributed by atoms with Crippen LogP contribution in [-0.2, 0) is 0 Å². The molecule has 0 bridgehead atoms. The molecule has 0 aromatic heterocycles. The summed E-state index contributed by atoms with van der Waals surface area (Å²) in [6.07, 6.45) is 6.41.